The van der Waals surface area contributed by atoms with Gasteiger partial charge in [-0.1, -0.05) is 12.1 Å². The van der Waals surface area contributed by atoms with Gasteiger partial charge in [-0.15, -0.1) is 0 Å². The monoisotopic (exact) mass is 259 g/mol. The van der Waals surface area contributed by atoms with Crippen molar-refractivity contribution in [2.24, 2.45) is 0 Å². The first-order chi connectivity index (χ1) is 8.81. The van der Waals surface area contributed by atoms with Gasteiger partial charge in [0.05, 0.1) is 22.9 Å². The minimum absolute atomic E-state index is 0.504. The number of hydrogen-bond acceptors (Lipinski definition) is 4. The van der Waals surface area contributed by atoms with Crippen LogP contribution in [0.5, 0.6) is 0 Å². The molecular formula is C14H17N3S. The van der Waals surface area contributed by atoms with Crippen molar-refractivity contribution in [3.8, 4) is 0 Å². The molecule has 1 aromatic heterocycles. The lowest BCUT2D eigenvalue weighted by atomic mass is 10.3. The van der Waals surface area contributed by atoms with E-state index in [0.717, 1.165) is 29.8 Å². The number of benzene rings is 1. The van der Waals surface area contributed by atoms with Crippen LogP contribution in [0.1, 0.15) is 18.5 Å². The van der Waals surface area contributed by atoms with Gasteiger partial charge >= 0.3 is 0 Å². The van der Waals surface area contributed by atoms with Crippen LogP contribution in [0.25, 0.3) is 11.0 Å². The maximum Gasteiger partial charge on any atom is 0.0890 e. The van der Waals surface area contributed by atoms with Crippen LogP contribution < -0.4 is 5.32 Å². The van der Waals surface area contributed by atoms with Crippen LogP contribution in [-0.2, 0) is 6.54 Å². The van der Waals surface area contributed by atoms with E-state index in [0.29, 0.717) is 4.75 Å². The first-order valence-electron chi connectivity index (χ1n) is 6.28. The summed E-state index contributed by atoms with van der Waals surface area (Å²) in [7, 11) is 0. The maximum absolute atomic E-state index is 4.61. The Hall–Kier alpha value is -1.13. The summed E-state index contributed by atoms with van der Waals surface area (Å²) in [5.74, 6) is 0. The number of nitrogens with zero attached hydrogens (tertiary/aromatic N) is 2. The van der Waals surface area contributed by atoms with Crippen molar-refractivity contribution >= 4 is 22.8 Å². The number of nitrogens with one attached hydrogen (secondary N) is 1. The summed E-state index contributed by atoms with van der Waals surface area (Å²) in [6.45, 7) is 1.88. The number of thioether (sulfide) groups is 1. The number of hydrogen-bond donors (Lipinski definition) is 1. The third kappa shape index (κ3) is 2.49. The molecule has 1 aliphatic carbocycles. The lowest BCUT2D eigenvalue weighted by molar-refractivity contribution is 0.653. The fourth-order valence-electron chi connectivity index (χ4n) is 2.09. The Balaban J connectivity index is 1.64. The second kappa shape index (κ2) is 4.86. The van der Waals surface area contributed by atoms with E-state index in [1.165, 1.54) is 12.8 Å². The zero-order valence-corrected chi connectivity index (χ0v) is 11.3. The smallest absolute Gasteiger partial charge is 0.0890 e. The summed E-state index contributed by atoms with van der Waals surface area (Å²) in [6.07, 6.45) is 6.74. The molecule has 0 amide bonds. The molecule has 1 saturated carbocycles. The van der Waals surface area contributed by atoms with E-state index in [9.17, 15) is 0 Å². The zero-order valence-electron chi connectivity index (χ0n) is 10.5. The van der Waals surface area contributed by atoms with Gasteiger partial charge in [-0.25, -0.2) is 4.98 Å². The summed E-state index contributed by atoms with van der Waals surface area (Å²) >= 11 is 1.98. The molecular weight excluding hydrogens is 242 g/mol. The van der Waals surface area contributed by atoms with Crippen molar-refractivity contribution < 1.29 is 0 Å². The molecule has 1 aliphatic rings. The van der Waals surface area contributed by atoms with Crippen LogP contribution in [0.2, 0.25) is 0 Å². The summed E-state index contributed by atoms with van der Waals surface area (Å²) < 4.78 is 0.504. The predicted molar refractivity (Wildman–Crippen MR) is 76.7 cm³/mol. The van der Waals surface area contributed by atoms with E-state index < -0.39 is 0 Å². The number of rotatable bonds is 5. The summed E-state index contributed by atoms with van der Waals surface area (Å²) in [6, 6.07) is 7.99. The zero-order chi connectivity index (χ0) is 12.4. The largest absolute Gasteiger partial charge is 0.310 e. The fraction of sp³-hybridized carbons (Fsp3) is 0.429. The molecule has 94 valence electrons. The average molecular weight is 259 g/mol. The molecule has 2 aromatic rings. The lowest BCUT2D eigenvalue weighted by Crippen LogP contribution is -2.25. The quantitative estimate of drug-likeness (QED) is 0.895. The molecule has 4 heteroatoms. The first-order valence-corrected chi connectivity index (χ1v) is 7.50. The van der Waals surface area contributed by atoms with Crippen molar-refractivity contribution in [1.82, 2.24) is 15.3 Å². The topological polar surface area (TPSA) is 37.8 Å². The minimum atomic E-state index is 0.504. The molecule has 1 heterocycles. The molecule has 0 bridgehead atoms. The first kappa shape index (κ1) is 11.9. The predicted octanol–water partition coefficient (Wildman–Crippen LogP) is 2.62. The molecule has 0 atom stereocenters. The molecule has 3 nitrogen and oxygen atoms in total. The molecule has 0 aliphatic heterocycles. The molecule has 0 spiro atoms. The second-order valence-electron chi connectivity index (χ2n) is 4.84. The van der Waals surface area contributed by atoms with Gasteiger partial charge in [-0.05, 0) is 31.2 Å². The highest BCUT2D eigenvalue weighted by Crippen LogP contribution is 2.46. The van der Waals surface area contributed by atoms with Crippen LogP contribution >= 0.6 is 11.8 Å². The standard InChI is InChI=1S/C14H17N3S/c1-18-14(6-7-14)10-15-8-11-9-16-12-4-2-3-5-13(12)17-11/h2-5,9,15H,6-8,10H2,1H3. The Morgan fingerprint density at radius 2 is 2.06 bits per heavy atom. The lowest BCUT2D eigenvalue weighted by Gasteiger charge is -2.12. The fourth-order valence-corrected chi connectivity index (χ4v) is 2.85. The molecule has 0 radical (unpaired) electrons. The molecule has 1 fully saturated rings. The Labute approximate surface area is 111 Å². The summed E-state index contributed by atoms with van der Waals surface area (Å²) in [5, 5.41) is 3.50. The molecule has 1 N–H and O–H groups in total. The Morgan fingerprint density at radius 1 is 1.28 bits per heavy atom. The van der Waals surface area contributed by atoms with Gasteiger partial charge in [0.1, 0.15) is 0 Å². The maximum atomic E-state index is 4.61. The van der Waals surface area contributed by atoms with E-state index in [1.807, 2.05) is 42.2 Å². The van der Waals surface area contributed by atoms with E-state index in [2.05, 4.69) is 21.5 Å². The Kier molecular flexibility index (Phi) is 3.22. The molecule has 0 saturated heterocycles. The normalized spacial score (nSPS) is 16.9. The second-order valence-corrected chi connectivity index (χ2v) is 6.12. The van der Waals surface area contributed by atoms with Crippen molar-refractivity contribution in [3.63, 3.8) is 0 Å². The minimum Gasteiger partial charge on any atom is -0.310 e. The molecule has 0 unspecified atom stereocenters. The Bertz CT molecular complexity index is 551. The molecule has 18 heavy (non-hydrogen) atoms. The SMILES string of the molecule is CSC1(CNCc2cnc3ccccc3n2)CC1. The molecule has 1 aromatic carbocycles. The van der Waals surface area contributed by atoms with Crippen LogP contribution in [0, 0.1) is 0 Å². The van der Waals surface area contributed by atoms with Crippen LogP contribution in [0.3, 0.4) is 0 Å². The van der Waals surface area contributed by atoms with Gasteiger partial charge in [0, 0.05) is 17.8 Å². The van der Waals surface area contributed by atoms with Gasteiger partial charge in [-0.3, -0.25) is 4.98 Å². The third-order valence-electron chi connectivity index (χ3n) is 3.49. The number of para-hydroxylation sites is 2. The van der Waals surface area contributed by atoms with E-state index in [4.69, 9.17) is 0 Å². The van der Waals surface area contributed by atoms with Gasteiger partial charge in [0.15, 0.2) is 0 Å². The highest BCUT2D eigenvalue weighted by molar-refractivity contribution is 8.00. The average Bonchev–Trinajstić information content (AvgIpc) is 3.19. The molecule has 3 rings (SSSR count). The van der Waals surface area contributed by atoms with Crippen LogP contribution in [0.15, 0.2) is 30.5 Å². The number of aromatic nitrogens is 2. The van der Waals surface area contributed by atoms with Crippen molar-refractivity contribution in [2.45, 2.75) is 24.1 Å². The van der Waals surface area contributed by atoms with Crippen LogP contribution in [0.4, 0.5) is 0 Å². The highest BCUT2D eigenvalue weighted by atomic mass is 32.2. The van der Waals surface area contributed by atoms with Crippen molar-refractivity contribution in [2.75, 3.05) is 12.8 Å². The van der Waals surface area contributed by atoms with E-state index >= 15 is 0 Å². The van der Waals surface area contributed by atoms with Gasteiger partial charge in [0.2, 0.25) is 0 Å². The van der Waals surface area contributed by atoms with Crippen molar-refractivity contribution in [1.29, 1.82) is 0 Å². The van der Waals surface area contributed by atoms with Crippen LogP contribution in [-0.4, -0.2) is 27.5 Å². The van der Waals surface area contributed by atoms with E-state index in [-0.39, 0.29) is 0 Å². The van der Waals surface area contributed by atoms with Crippen molar-refractivity contribution in [3.05, 3.63) is 36.2 Å². The summed E-state index contributed by atoms with van der Waals surface area (Å²) in [5.41, 5.74) is 2.96. The third-order valence-corrected chi connectivity index (χ3v) is 4.91. The van der Waals surface area contributed by atoms with Gasteiger partial charge in [0.25, 0.3) is 0 Å². The summed E-state index contributed by atoms with van der Waals surface area (Å²) in [4.78, 5) is 9.03. The Morgan fingerprint density at radius 3 is 2.78 bits per heavy atom. The number of fused-ring (bicyclic) bond motifs is 1. The van der Waals surface area contributed by atoms with E-state index in [1.54, 1.807) is 0 Å². The van der Waals surface area contributed by atoms with Gasteiger partial charge < -0.3 is 5.32 Å². The van der Waals surface area contributed by atoms with Gasteiger partial charge in [-0.2, -0.15) is 11.8 Å². The highest BCUT2D eigenvalue weighted by Gasteiger charge is 2.41.